The minimum atomic E-state index is 0.0498. The zero-order chi connectivity index (χ0) is 17.3. The van der Waals surface area contributed by atoms with Gasteiger partial charge >= 0.3 is 0 Å². The monoisotopic (exact) mass is 326 g/mol. The molecule has 5 heteroatoms. The van der Waals surface area contributed by atoms with E-state index in [1.165, 1.54) is 5.56 Å². The van der Waals surface area contributed by atoms with Crippen LogP contribution in [-0.4, -0.2) is 40.2 Å². The first kappa shape index (κ1) is 16.7. The van der Waals surface area contributed by atoms with Crippen molar-refractivity contribution >= 4 is 5.91 Å². The Bertz CT molecular complexity index is 707. The molecule has 0 aliphatic carbocycles. The Balaban J connectivity index is 1.82. The van der Waals surface area contributed by atoms with E-state index in [9.17, 15) is 4.79 Å². The van der Waals surface area contributed by atoms with Crippen LogP contribution < -0.4 is 5.73 Å². The van der Waals surface area contributed by atoms with Gasteiger partial charge in [0.15, 0.2) is 0 Å². The summed E-state index contributed by atoms with van der Waals surface area (Å²) in [6.07, 6.45) is 0. The Kier molecular flexibility index (Phi) is 4.71. The van der Waals surface area contributed by atoms with E-state index in [0.717, 1.165) is 5.69 Å². The first-order valence-corrected chi connectivity index (χ1v) is 8.59. The molecule has 5 nitrogen and oxygen atoms in total. The van der Waals surface area contributed by atoms with Crippen LogP contribution >= 0.6 is 0 Å². The topological polar surface area (TPSA) is 64.2 Å². The summed E-state index contributed by atoms with van der Waals surface area (Å²) in [6, 6.07) is 12.3. The molecular weight excluding hydrogens is 300 g/mol. The zero-order valence-corrected chi connectivity index (χ0v) is 14.6. The third-order valence-electron chi connectivity index (χ3n) is 4.97. The molecule has 0 bridgehead atoms. The number of aromatic nitrogens is 2. The van der Waals surface area contributed by atoms with E-state index in [2.05, 4.69) is 31.1 Å². The lowest BCUT2D eigenvalue weighted by Gasteiger charge is -2.16. The number of likely N-dealkylation sites (tertiary alicyclic amines) is 1. The number of nitrogens with two attached hydrogens (primary N) is 1. The van der Waals surface area contributed by atoms with Crippen molar-refractivity contribution in [2.45, 2.75) is 25.7 Å². The Morgan fingerprint density at radius 3 is 2.58 bits per heavy atom. The van der Waals surface area contributed by atoms with Gasteiger partial charge in [0.1, 0.15) is 5.69 Å². The van der Waals surface area contributed by atoms with Crippen molar-refractivity contribution in [1.29, 1.82) is 0 Å². The molecule has 0 spiro atoms. The maximum Gasteiger partial charge on any atom is 0.272 e. The molecule has 2 N–H and O–H groups in total. The Hall–Kier alpha value is -2.14. The second-order valence-electron chi connectivity index (χ2n) is 6.96. The van der Waals surface area contributed by atoms with E-state index in [1.54, 1.807) is 4.68 Å². The highest BCUT2D eigenvalue weighted by molar-refractivity contribution is 5.93. The lowest BCUT2D eigenvalue weighted by molar-refractivity contribution is 0.0775. The molecule has 0 radical (unpaired) electrons. The molecule has 24 heavy (non-hydrogen) atoms. The average molecular weight is 326 g/mol. The van der Waals surface area contributed by atoms with Crippen LogP contribution in [0.3, 0.4) is 0 Å². The molecule has 1 aliphatic heterocycles. The number of amides is 1. The fourth-order valence-corrected chi connectivity index (χ4v) is 3.49. The number of carbonyl (C=O) groups is 1. The van der Waals surface area contributed by atoms with Gasteiger partial charge in [0.2, 0.25) is 0 Å². The van der Waals surface area contributed by atoms with E-state index < -0.39 is 0 Å². The van der Waals surface area contributed by atoms with Gasteiger partial charge in [-0.3, -0.25) is 9.48 Å². The van der Waals surface area contributed by atoms with Gasteiger partial charge in [-0.25, -0.2) is 0 Å². The summed E-state index contributed by atoms with van der Waals surface area (Å²) in [4.78, 5) is 14.9. The van der Waals surface area contributed by atoms with Crippen molar-refractivity contribution in [1.82, 2.24) is 14.7 Å². The van der Waals surface area contributed by atoms with Crippen molar-refractivity contribution in [3.8, 4) is 0 Å². The summed E-state index contributed by atoms with van der Waals surface area (Å²) in [5.74, 6) is 0.964. The Morgan fingerprint density at radius 1 is 1.29 bits per heavy atom. The van der Waals surface area contributed by atoms with Gasteiger partial charge in [0, 0.05) is 26.1 Å². The summed E-state index contributed by atoms with van der Waals surface area (Å²) in [5, 5.41) is 4.46. The number of carbonyl (C=O) groups excluding carboxylic acids is 1. The van der Waals surface area contributed by atoms with Crippen molar-refractivity contribution in [2.24, 2.45) is 18.7 Å². The van der Waals surface area contributed by atoms with Crippen molar-refractivity contribution in [3.63, 3.8) is 0 Å². The molecule has 2 heterocycles. The van der Waals surface area contributed by atoms with Crippen LogP contribution in [0.2, 0.25) is 0 Å². The van der Waals surface area contributed by atoms with Crippen molar-refractivity contribution in [2.75, 3.05) is 19.6 Å². The van der Waals surface area contributed by atoms with Crippen LogP contribution in [-0.2, 0) is 7.05 Å². The van der Waals surface area contributed by atoms with Crippen LogP contribution in [0.5, 0.6) is 0 Å². The second-order valence-corrected chi connectivity index (χ2v) is 6.96. The lowest BCUT2D eigenvalue weighted by atomic mass is 9.89. The minimum Gasteiger partial charge on any atom is -0.336 e. The van der Waals surface area contributed by atoms with E-state index in [-0.39, 0.29) is 5.91 Å². The molecule has 1 aromatic heterocycles. The fourth-order valence-electron chi connectivity index (χ4n) is 3.49. The maximum atomic E-state index is 13.0. The van der Waals surface area contributed by atoms with Gasteiger partial charge in [-0.2, -0.15) is 5.10 Å². The van der Waals surface area contributed by atoms with Gasteiger partial charge in [0.05, 0.1) is 5.69 Å². The first-order valence-electron chi connectivity index (χ1n) is 8.59. The fraction of sp³-hybridized carbons (Fsp3) is 0.474. The van der Waals surface area contributed by atoms with Crippen LogP contribution in [0.1, 0.15) is 47.4 Å². The molecule has 1 saturated heterocycles. The molecular formula is C19H26N4O. The maximum absolute atomic E-state index is 13.0. The molecule has 3 rings (SSSR count). The second kappa shape index (κ2) is 6.77. The SMILES string of the molecule is CC(C)c1cc(C(=O)N2C[C@@H](CN)[C@H](c3ccccc3)C2)n(C)n1. The minimum absolute atomic E-state index is 0.0498. The van der Waals surface area contributed by atoms with E-state index in [1.807, 2.05) is 36.2 Å². The molecule has 1 aromatic carbocycles. The highest BCUT2D eigenvalue weighted by Crippen LogP contribution is 2.33. The number of hydrogen-bond donors (Lipinski definition) is 1. The van der Waals surface area contributed by atoms with Gasteiger partial charge in [-0.1, -0.05) is 44.2 Å². The first-order chi connectivity index (χ1) is 11.5. The van der Waals surface area contributed by atoms with Crippen LogP contribution in [0, 0.1) is 5.92 Å². The zero-order valence-electron chi connectivity index (χ0n) is 14.6. The molecule has 2 aromatic rings. The van der Waals surface area contributed by atoms with E-state index >= 15 is 0 Å². The summed E-state index contributed by atoms with van der Waals surface area (Å²) in [7, 11) is 1.84. The predicted molar refractivity (Wildman–Crippen MR) is 94.9 cm³/mol. The van der Waals surface area contributed by atoms with Gasteiger partial charge < -0.3 is 10.6 Å². The Morgan fingerprint density at radius 2 is 2.00 bits per heavy atom. The highest BCUT2D eigenvalue weighted by Gasteiger charge is 2.36. The van der Waals surface area contributed by atoms with Crippen LogP contribution in [0.4, 0.5) is 0 Å². The van der Waals surface area contributed by atoms with Crippen LogP contribution in [0.15, 0.2) is 36.4 Å². The smallest absolute Gasteiger partial charge is 0.272 e. The molecule has 1 fully saturated rings. The lowest BCUT2D eigenvalue weighted by Crippen LogP contribution is -2.31. The van der Waals surface area contributed by atoms with E-state index in [0.29, 0.717) is 43.1 Å². The van der Waals surface area contributed by atoms with Crippen LogP contribution in [0.25, 0.3) is 0 Å². The average Bonchev–Trinajstić information content (AvgIpc) is 3.19. The summed E-state index contributed by atoms with van der Waals surface area (Å²) < 4.78 is 1.70. The molecule has 0 unspecified atom stereocenters. The number of benzene rings is 1. The number of nitrogens with zero attached hydrogens (tertiary/aromatic N) is 3. The number of rotatable bonds is 4. The molecule has 1 aliphatic rings. The standard InChI is InChI=1S/C19H26N4O/c1-13(2)17-9-18(22(3)21-17)19(24)23-11-15(10-20)16(12-23)14-7-5-4-6-8-14/h4-9,13,15-16H,10-12,20H2,1-3H3/t15-,16+/m1/s1. The quantitative estimate of drug-likeness (QED) is 0.938. The van der Waals surface area contributed by atoms with Gasteiger partial charge in [-0.05, 0) is 30.0 Å². The number of hydrogen-bond acceptors (Lipinski definition) is 3. The Labute approximate surface area is 143 Å². The van der Waals surface area contributed by atoms with Crippen molar-refractivity contribution in [3.05, 3.63) is 53.3 Å². The normalized spacial score (nSPS) is 20.8. The molecule has 2 atom stereocenters. The van der Waals surface area contributed by atoms with Gasteiger partial charge in [0.25, 0.3) is 5.91 Å². The van der Waals surface area contributed by atoms with E-state index in [4.69, 9.17) is 5.73 Å². The molecule has 128 valence electrons. The number of aryl methyl sites for hydroxylation is 1. The summed E-state index contributed by atoms with van der Waals surface area (Å²) in [5.41, 5.74) is 8.85. The molecule has 0 saturated carbocycles. The van der Waals surface area contributed by atoms with Gasteiger partial charge in [-0.15, -0.1) is 0 Å². The third-order valence-corrected chi connectivity index (χ3v) is 4.97. The summed E-state index contributed by atoms with van der Waals surface area (Å²) in [6.45, 7) is 6.18. The highest BCUT2D eigenvalue weighted by atomic mass is 16.2. The third kappa shape index (κ3) is 3.08. The predicted octanol–water partition coefficient (Wildman–Crippen LogP) is 2.36. The van der Waals surface area contributed by atoms with Crippen molar-refractivity contribution < 1.29 is 4.79 Å². The molecule has 1 amide bonds. The summed E-state index contributed by atoms with van der Waals surface area (Å²) >= 11 is 0. The largest absolute Gasteiger partial charge is 0.336 e.